The molecular formula is C10H18N2O. The van der Waals surface area contributed by atoms with Crippen LogP contribution in [0.3, 0.4) is 0 Å². The van der Waals surface area contributed by atoms with E-state index in [1.54, 1.807) is 0 Å². The van der Waals surface area contributed by atoms with Gasteiger partial charge in [-0.2, -0.15) is 0 Å². The highest BCUT2D eigenvalue weighted by Crippen LogP contribution is 2.13. The Morgan fingerprint density at radius 3 is 2.08 bits per heavy atom. The molecule has 0 unspecified atom stereocenters. The van der Waals surface area contributed by atoms with Crippen LogP contribution >= 0.6 is 0 Å². The molecule has 3 nitrogen and oxygen atoms in total. The maximum absolute atomic E-state index is 8.69. The van der Waals surface area contributed by atoms with Gasteiger partial charge in [0, 0.05) is 0 Å². The minimum absolute atomic E-state index is 0.532. The zero-order chi connectivity index (χ0) is 9.52. The van der Waals surface area contributed by atoms with Crippen molar-refractivity contribution in [1.82, 2.24) is 0 Å². The first-order chi connectivity index (χ1) is 6.34. The third kappa shape index (κ3) is 3.57. The second-order valence-corrected chi connectivity index (χ2v) is 3.65. The summed E-state index contributed by atoms with van der Waals surface area (Å²) in [6.07, 6.45) is 8.66. The lowest BCUT2D eigenvalue weighted by atomic mass is 9.98. The molecule has 0 bridgehead atoms. The maximum atomic E-state index is 8.69. The molecule has 3 heteroatoms. The summed E-state index contributed by atoms with van der Waals surface area (Å²) in [6.45, 7) is 0. The molecular weight excluding hydrogens is 164 g/mol. The third-order valence-electron chi connectivity index (χ3n) is 2.56. The van der Waals surface area contributed by atoms with Gasteiger partial charge in [-0.1, -0.05) is 30.8 Å². The largest absolute Gasteiger partial charge is 0.411 e. The second-order valence-electron chi connectivity index (χ2n) is 3.65. The average Bonchev–Trinajstić information content (AvgIpc) is 2.16. The Morgan fingerprint density at radius 2 is 1.46 bits per heavy atom. The van der Waals surface area contributed by atoms with E-state index in [2.05, 4.69) is 5.16 Å². The van der Waals surface area contributed by atoms with Crippen LogP contribution in [0.1, 0.15) is 51.4 Å². The zero-order valence-corrected chi connectivity index (χ0v) is 8.05. The van der Waals surface area contributed by atoms with Crippen LogP contribution in [0.2, 0.25) is 0 Å². The molecule has 74 valence electrons. The van der Waals surface area contributed by atoms with Crippen molar-refractivity contribution in [3.8, 4) is 0 Å². The van der Waals surface area contributed by atoms with Crippen molar-refractivity contribution in [3.63, 3.8) is 0 Å². The summed E-state index contributed by atoms with van der Waals surface area (Å²) in [5, 5.41) is 19.5. The van der Waals surface area contributed by atoms with Crippen molar-refractivity contribution in [2.75, 3.05) is 0 Å². The molecule has 0 aliphatic heterocycles. The van der Waals surface area contributed by atoms with E-state index in [1.807, 2.05) is 0 Å². The molecule has 2 N–H and O–H groups in total. The molecule has 1 saturated carbocycles. The van der Waals surface area contributed by atoms with E-state index >= 15 is 0 Å². The molecule has 13 heavy (non-hydrogen) atoms. The number of hydrogen-bond acceptors (Lipinski definition) is 3. The quantitative estimate of drug-likeness (QED) is 0.439. The predicted molar refractivity (Wildman–Crippen MR) is 53.9 cm³/mol. The van der Waals surface area contributed by atoms with Crippen LogP contribution in [0.5, 0.6) is 0 Å². The Balaban J connectivity index is 2.47. The fourth-order valence-corrected chi connectivity index (χ4v) is 1.71. The first-order valence-electron chi connectivity index (χ1n) is 5.13. The van der Waals surface area contributed by atoms with Crippen LogP contribution in [0.4, 0.5) is 0 Å². The van der Waals surface area contributed by atoms with E-state index in [-0.39, 0.29) is 0 Å². The molecule has 0 aromatic carbocycles. The first-order valence-corrected chi connectivity index (χ1v) is 5.13. The van der Waals surface area contributed by atoms with Crippen LogP contribution < -0.4 is 0 Å². The van der Waals surface area contributed by atoms with Crippen molar-refractivity contribution in [1.29, 1.82) is 5.41 Å². The van der Waals surface area contributed by atoms with Crippen molar-refractivity contribution >= 4 is 11.4 Å². The van der Waals surface area contributed by atoms with Crippen molar-refractivity contribution < 1.29 is 5.21 Å². The fourth-order valence-electron chi connectivity index (χ4n) is 1.71. The summed E-state index contributed by atoms with van der Waals surface area (Å²) >= 11 is 0. The monoisotopic (exact) mass is 182 g/mol. The zero-order valence-electron chi connectivity index (χ0n) is 8.05. The molecule has 0 saturated heterocycles. The molecule has 1 rings (SSSR count). The predicted octanol–water partition coefficient (Wildman–Crippen LogP) is 2.97. The minimum atomic E-state index is 0.532. The lowest BCUT2D eigenvalue weighted by Crippen LogP contribution is -2.13. The molecule has 1 fully saturated rings. The van der Waals surface area contributed by atoms with Gasteiger partial charge in [-0.3, -0.25) is 0 Å². The Bertz CT molecular complexity index is 199. The highest BCUT2D eigenvalue weighted by atomic mass is 16.4. The molecule has 0 aromatic heterocycles. The molecule has 0 amide bonds. The Morgan fingerprint density at radius 1 is 0.923 bits per heavy atom. The number of oxime groups is 1. The molecule has 1 aliphatic carbocycles. The Hall–Kier alpha value is -0.860. The molecule has 0 aromatic rings. The number of rotatable bonds is 0. The molecule has 0 heterocycles. The average molecular weight is 182 g/mol. The van der Waals surface area contributed by atoms with Crippen molar-refractivity contribution in [3.05, 3.63) is 0 Å². The van der Waals surface area contributed by atoms with Crippen LogP contribution in [-0.2, 0) is 0 Å². The van der Waals surface area contributed by atoms with E-state index in [0.29, 0.717) is 11.4 Å². The van der Waals surface area contributed by atoms with Crippen molar-refractivity contribution in [2.24, 2.45) is 5.16 Å². The standard InChI is InChI=1S/C10H18N2O/c11-9-7-5-3-1-2-4-6-8-10(9)12-13/h11,13H,1-8H2. The van der Waals surface area contributed by atoms with Gasteiger partial charge in [-0.05, 0) is 25.7 Å². The lowest BCUT2D eigenvalue weighted by Gasteiger charge is -2.09. The van der Waals surface area contributed by atoms with Gasteiger partial charge < -0.3 is 10.6 Å². The Kier molecular flexibility index (Phi) is 4.50. The van der Waals surface area contributed by atoms with Gasteiger partial charge in [-0.25, -0.2) is 0 Å². The van der Waals surface area contributed by atoms with E-state index in [9.17, 15) is 0 Å². The first kappa shape index (κ1) is 10.2. The van der Waals surface area contributed by atoms with E-state index in [4.69, 9.17) is 10.6 Å². The van der Waals surface area contributed by atoms with Gasteiger partial charge in [0.2, 0.25) is 0 Å². The second kappa shape index (κ2) is 5.73. The van der Waals surface area contributed by atoms with Crippen LogP contribution in [0.25, 0.3) is 0 Å². The summed E-state index contributed by atoms with van der Waals surface area (Å²) in [5.41, 5.74) is 1.13. The number of nitrogens with zero attached hydrogens (tertiary/aromatic N) is 1. The van der Waals surface area contributed by atoms with Crippen LogP contribution in [0, 0.1) is 5.41 Å². The van der Waals surface area contributed by atoms with Crippen LogP contribution in [0.15, 0.2) is 5.16 Å². The van der Waals surface area contributed by atoms with Gasteiger partial charge in [0.15, 0.2) is 0 Å². The normalized spacial score (nSPS) is 24.6. The van der Waals surface area contributed by atoms with E-state index in [1.165, 1.54) is 25.7 Å². The summed E-state index contributed by atoms with van der Waals surface area (Å²) in [7, 11) is 0. The summed E-state index contributed by atoms with van der Waals surface area (Å²) in [6, 6.07) is 0. The summed E-state index contributed by atoms with van der Waals surface area (Å²) < 4.78 is 0. The highest BCUT2D eigenvalue weighted by Gasteiger charge is 2.09. The minimum Gasteiger partial charge on any atom is -0.411 e. The van der Waals surface area contributed by atoms with Crippen molar-refractivity contribution in [2.45, 2.75) is 51.4 Å². The summed E-state index contributed by atoms with van der Waals surface area (Å²) in [5.74, 6) is 0. The van der Waals surface area contributed by atoms with Gasteiger partial charge in [0.25, 0.3) is 0 Å². The van der Waals surface area contributed by atoms with E-state index < -0.39 is 0 Å². The van der Waals surface area contributed by atoms with Gasteiger partial charge in [0.05, 0.1) is 5.71 Å². The summed E-state index contributed by atoms with van der Waals surface area (Å²) in [4.78, 5) is 0. The smallest absolute Gasteiger partial charge is 0.100 e. The molecule has 0 spiro atoms. The van der Waals surface area contributed by atoms with Gasteiger partial charge >= 0.3 is 0 Å². The lowest BCUT2D eigenvalue weighted by molar-refractivity contribution is 0.318. The maximum Gasteiger partial charge on any atom is 0.100 e. The van der Waals surface area contributed by atoms with E-state index in [0.717, 1.165) is 25.7 Å². The highest BCUT2D eigenvalue weighted by molar-refractivity contribution is 6.40. The van der Waals surface area contributed by atoms with Crippen LogP contribution in [-0.4, -0.2) is 16.6 Å². The number of nitrogens with one attached hydrogen (secondary N) is 1. The van der Waals surface area contributed by atoms with Gasteiger partial charge in [-0.15, -0.1) is 0 Å². The third-order valence-corrected chi connectivity index (χ3v) is 2.56. The molecule has 0 atom stereocenters. The SMILES string of the molecule is N=C1CCCCCCCCC1=NO. The van der Waals surface area contributed by atoms with Gasteiger partial charge in [0.1, 0.15) is 5.71 Å². The molecule has 0 radical (unpaired) electrons. The molecule has 1 aliphatic rings. The topological polar surface area (TPSA) is 56.4 Å². The fraction of sp³-hybridized carbons (Fsp3) is 0.800. The number of hydrogen-bond donors (Lipinski definition) is 2. The Labute approximate surface area is 79.3 Å².